The first-order valence-electron chi connectivity index (χ1n) is 5.30. The van der Waals surface area contributed by atoms with Crippen LogP contribution in [0.15, 0.2) is 12.3 Å². The summed E-state index contributed by atoms with van der Waals surface area (Å²) in [4.78, 5) is 24.2. The number of carboxylic acid groups (broad SMARTS) is 1. The average Bonchev–Trinajstić information content (AvgIpc) is 2.53. The Bertz CT molecular complexity index is 298. The summed E-state index contributed by atoms with van der Waals surface area (Å²) in [5.41, 5.74) is -1.01. The number of hydrogen-bond donors (Lipinski definition) is 1. The smallest absolute Gasteiger partial charge is 0.329 e. The summed E-state index contributed by atoms with van der Waals surface area (Å²) >= 11 is 0. The number of carbonyl (C=O) groups is 2. The molecule has 4 heteroatoms. The molecule has 0 saturated carbocycles. The fourth-order valence-corrected chi connectivity index (χ4v) is 1.94. The average molecular weight is 211 g/mol. The predicted molar refractivity (Wildman–Crippen MR) is 56.2 cm³/mol. The van der Waals surface area contributed by atoms with Gasteiger partial charge in [0.05, 0.1) is 0 Å². The van der Waals surface area contributed by atoms with Crippen molar-refractivity contribution in [1.29, 1.82) is 0 Å². The van der Waals surface area contributed by atoms with E-state index in [1.54, 1.807) is 13.1 Å². The molecule has 15 heavy (non-hydrogen) atoms. The van der Waals surface area contributed by atoms with Crippen molar-refractivity contribution in [2.45, 2.75) is 45.1 Å². The van der Waals surface area contributed by atoms with Crippen molar-refractivity contribution in [2.75, 3.05) is 0 Å². The molecule has 0 spiro atoms. The fraction of sp³-hybridized carbons (Fsp3) is 0.636. The zero-order chi connectivity index (χ0) is 11.5. The molecule has 0 radical (unpaired) electrons. The summed E-state index contributed by atoms with van der Waals surface area (Å²) in [5.74, 6) is -0.999. The molecule has 0 aromatic carbocycles. The van der Waals surface area contributed by atoms with E-state index in [4.69, 9.17) is 0 Å². The number of rotatable bonds is 4. The molecule has 1 N–H and O–H groups in total. The Kier molecular flexibility index (Phi) is 3.50. The normalized spacial score (nSPS) is 26.5. The highest BCUT2D eigenvalue weighted by atomic mass is 16.4. The lowest BCUT2D eigenvalue weighted by atomic mass is 9.93. The van der Waals surface area contributed by atoms with E-state index in [9.17, 15) is 14.7 Å². The second-order valence-electron chi connectivity index (χ2n) is 3.75. The van der Waals surface area contributed by atoms with Crippen LogP contribution in [-0.4, -0.2) is 27.4 Å². The van der Waals surface area contributed by atoms with E-state index in [-0.39, 0.29) is 5.91 Å². The number of allylic oxidation sites excluding steroid dienone is 1. The van der Waals surface area contributed by atoms with E-state index in [2.05, 4.69) is 0 Å². The third-order valence-electron chi connectivity index (χ3n) is 2.96. The van der Waals surface area contributed by atoms with Gasteiger partial charge in [-0.25, -0.2) is 4.79 Å². The summed E-state index contributed by atoms with van der Waals surface area (Å²) in [6.45, 7) is 3.75. The van der Waals surface area contributed by atoms with Gasteiger partial charge < -0.3 is 10.0 Å². The van der Waals surface area contributed by atoms with Crippen LogP contribution < -0.4 is 0 Å². The van der Waals surface area contributed by atoms with E-state index in [0.29, 0.717) is 19.3 Å². The molecule has 0 bridgehead atoms. The first-order chi connectivity index (χ1) is 7.08. The van der Waals surface area contributed by atoms with Crippen molar-refractivity contribution in [3.63, 3.8) is 0 Å². The van der Waals surface area contributed by atoms with Gasteiger partial charge >= 0.3 is 5.97 Å². The highest BCUT2D eigenvalue weighted by Crippen LogP contribution is 2.33. The Morgan fingerprint density at radius 3 is 2.73 bits per heavy atom. The Morgan fingerprint density at radius 2 is 2.27 bits per heavy atom. The van der Waals surface area contributed by atoms with Crippen LogP contribution in [0.5, 0.6) is 0 Å². The van der Waals surface area contributed by atoms with E-state index in [1.807, 2.05) is 13.0 Å². The summed E-state index contributed by atoms with van der Waals surface area (Å²) in [6, 6.07) is 0. The lowest BCUT2D eigenvalue weighted by molar-refractivity contribution is -0.152. The molecule has 1 heterocycles. The van der Waals surface area contributed by atoms with Crippen molar-refractivity contribution < 1.29 is 14.7 Å². The largest absolute Gasteiger partial charge is 0.479 e. The van der Waals surface area contributed by atoms with E-state index < -0.39 is 11.5 Å². The van der Waals surface area contributed by atoms with Crippen molar-refractivity contribution in [2.24, 2.45) is 0 Å². The van der Waals surface area contributed by atoms with Gasteiger partial charge in [-0.05, 0) is 19.3 Å². The van der Waals surface area contributed by atoms with Crippen LogP contribution in [0.2, 0.25) is 0 Å². The lowest BCUT2D eigenvalue weighted by Gasteiger charge is -2.31. The molecular formula is C11H17NO3. The minimum absolute atomic E-state index is 0.0936. The summed E-state index contributed by atoms with van der Waals surface area (Å²) in [7, 11) is 0. The molecule has 1 fully saturated rings. The van der Waals surface area contributed by atoms with Crippen molar-refractivity contribution in [3.05, 3.63) is 12.3 Å². The van der Waals surface area contributed by atoms with Gasteiger partial charge in [0.1, 0.15) is 5.54 Å². The third-order valence-corrected chi connectivity index (χ3v) is 2.96. The first kappa shape index (κ1) is 11.8. The molecule has 0 aromatic rings. The standard InChI is InChI=1S/C11H17NO3/c1-3-5-8-12-9(13)6-7-11(12,4-2)10(14)15/h5,8H,3-4,6-7H2,1-2H3,(H,14,15). The predicted octanol–water partition coefficient (Wildman–Crippen LogP) is 1.77. The van der Waals surface area contributed by atoms with E-state index >= 15 is 0 Å². The summed E-state index contributed by atoms with van der Waals surface area (Å²) < 4.78 is 0. The van der Waals surface area contributed by atoms with Gasteiger partial charge in [-0.3, -0.25) is 4.79 Å². The fourth-order valence-electron chi connectivity index (χ4n) is 1.94. The molecule has 0 aromatic heterocycles. The second kappa shape index (κ2) is 4.47. The van der Waals surface area contributed by atoms with Crippen LogP contribution in [0.1, 0.15) is 39.5 Å². The third kappa shape index (κ3) is 1.89. The molecule has 1 aliphatic heterocycles. The molecule has 4 nitrogen and oxygen atoms in total. The Morgan fingerprint density at radius 1 is 1.60 bits per heavy atom. The van der Waals surface area contributed by atoms with Crippen molar-refractivity contribution in [3.8, 4) is 0 Å². The van der Waals surface area contributed by atoms with Gasteiger partial charge in [0.25, 0.3) is 0 Å². The van der Waals surface area contributed by atoms with Crippen LogP contribution in [0, 0.1) is 0 Å². The van der Waals surface area contributed by atoms with Crippen LogP contribution in [0.25, 0.3) is 0 Å². The van der Waals surface area contributed by atoms with Crippen LogP contribution in [0.4, 0.5) is 0 Å². The van der Waals surface area contributed by atoms with Crippen LogP contribution in [0.3, 0.4) is 0 Å². The second-order valence-corrected chi connectivity index (χ2v) is 3.75. The first-order valence-corrected chi connectivity index (χ1v) is 5.30. The van der Waals surface area contributed by atoms with Gasteiger partial charge in [-0.1, -0.05) is 19.9 Å². The number of aliphatic carboxylic acids is 1. The van der Waals surface area contributed by atoms with E-state index in [0.717, 1.165) is 6.42 Å². The molecule has 0 aliphatic carbocycles. The topological polar surface area (TPSA) is 57.6 Å². The minimum atomic E-state index is -1.01. The number of carboxylic acids is 1. The number of carbonyl (C=O) groups excluding carboxylic acids is 1. The van der Waals surface area contributed by atoms with Crippen molar-refractivity contribution >= 4 is 11.9 Å². The van der Waals surface area contributed by atoms with Crippen LogP contribution in [-0.2, 0) is 9.59 Å². The molecule has 1 rings (SSSR count). The monoisotopic (exact) mass is 211 g/mol. The molecule has 1 unspecified atom stereocenters. The number of hydrogen-bond acceptors (Lipinski definition) is 2. The molecule has 1 saturated heterocycles. The molecule has 1 atom stereocenters. The number of likely N-dealkylation sites (tertiary alicyclic amines) is 1. The molecule has 1 amide bonds. The number of amides is 1. The maximum atomic E-state index is 11.6. The van der Waals surface area contributed by atoms with Crippen molar-refractivity contribution in [1.82, 2.24) is 4.90 Å². The van der Waals surface area contributed by atoms with Gasteiger partial charge in [0.15, 0.2) is 0 Å². The van der Waals surface area contributed by atoms with Gasteiger partial charge in [-0.15, -0.1) is 0 Å². The highest BCUT2D eigenvalue weighted by Gasteiger charge is 2.49. The lowest BCUT2D eigenvalue weighted by Crippen LogP contribution is -2.48. The Labute approximate surface area is 89.6 Å². The summed E-state index contributed by atoms with van der Waals surface area (Å²) in [5, 5.41) is 9.22. The SMILES string of the molecule is CCC=CN1C(=O)CCC1(CC)C(=O)O. The number of nitrogens with zero attached hydrogens (tertiary/aromatic N) is 1. The Balaban J connectivity index is 3.00. The summed E-state index contributed by atoms with van der Waals surface area (Å²) in [6.07, 6.45) is 5.41. The Hall–Kier alpha value is -1.32. The van der Waals surface area contributed by atoms with Gasteiger partial charge in [-0.2, -0.15) is 0 Å². The maximum absolute atomic E-state index is 11.6. The van der Waals surface area contributed by atoms with Crippen LogP contribution >= 0.6 is 0 Å². The quantitative estimate of drug-likeness (QED) is 0.771. The van der Waals surface area contributed by atoms with Gasteiger partial charge in [0.2, 0.25) is 5.91 Å². The molecule has 1 aliphatic rings. The van der Waals surface area contributed by atoms with E-state index in [1.165, 1.54) is 4.90 Å². The molecular weight excluding hydrogens is 194 g/mol. The maximum Gasteiger partial charge on any atom is 0.329 e. The molecule has 84 valence electrons. The minimum Gasteiger partial charge on any atom is -0.479 e. The van der Waals surface area contributed by atoms with Gasteiger partial charge in [0, 0.05) is 12.6 Å². The highest BCUT2D eigenvalue weighted by molar-refractivity contribution is 5.91. The zero-order valence-corrected chi connectivity index (χ0v) is 9.19. The zero-order valence-electron chi connectivity index (χ0n) is 9.19.